The molecular weight excluding hydrogens is 422 g/mol. The first-order valence-electron chi connectivity index (χ1n) is 11.1. The number of rotatable bonds is 8. The van der Waals surface area contributed by atoms with E-state index in [2.05, 4.69) is 17.3 Å². The Morgan fingerprint density at radius 3 is 2.53 bits per heavy atom. The highest BCUT2D eigenvalue weighted by Crippen LogP contribution is 2.25. The lowest BCUT2D eigenvalue weighted by molar-refractivity contribution is -0.126. The van der Waals surface area contributed by atoms with E-state index in [-0.39, 0.29) is 23.3 Å². The van der Waals surface area contributed by atoms with Crippen LogP contribution in [0.3, 0.4) is 0 Å². The average molecular weight is 456 g/mol. The molecule has 1 aliphatic carbocycles. The molecule has 30 heavy (non-hydrogen) atoms. The third kappa shape index (κ3) is 6.19. The van der Waals surface area contributed by atoms with Crippen LogP contribution in [-0.4, -0.2) is 62.8 Å². The minimum Gasteiger partial charge on any atom is -0.356 e. The number of halogens is 1. The number of amides is 1. The van der Waals surface area contributed by atoms with Gasteiger partial charge in [0.15, 0.2) is 0 Å². The molecule has 1 aliphatic heterocycles. The van der Waals surface area contributed by atoms with Gasteiger partial charge in [0.05, 0.1) is 10.8 Å². The monoisotopic (exact) mass is 455 g/mol. The van der Waals surface area contributed by atoms with Crippen molar-refractivity contribution >= 4 is 27.5 Å². The summed E-state index contributed by atoms with van der Waals surface area (Å²) in [5.41, 5.74) is 0. The van der Waals surface area contributed by atoms with Gasteiger partial charge in [0.1, 0.15) is 0 Å². The van der Waals surface area contributed by atoms with Gasteiger partial charge in [0.2, 0.25) is 15.9 Å². The SMILES string of the molecule is CN(CCCNC(=O)C1CCCN(S(=O)(=O)c2ccc(Cl)cc2)C1)C1CCCCC1. The number of carbonyl (C=O) groups is 1. The van der Waals surface area contributed by atoms with Crippen molar-refractivity contribution in [2.75, 3.05) is 33.2 Å². The van der Waals surface area contributed by atoms with Gasteiger partial charge >= 0.3 is 0 Å². The molecule has 0 radical (unpaired) electrons. The van der Waals surface area contributed by atoms with Crippen LogP contribution in [0.25, 0.3) is 0 Å². The second-order valence-electron chi connectivity index (χ2n) is 8.57. The van der Waals surface area contributed by atoms with Crippen LogP contribution in [0.4, 0.5) is 0 Å². The van der Waals surface area contributed by atoms with Crippen LogP contribution in [0.15, 0.2) is 29.2 Å². The van der Waals surface area contributed by atoms with Crippen molar-refractivity contribution in [1.29, 1.82) is 0 Å². The molecule has 2 aliphatic rings. The molecule has 0 bridgehead atoms. The van der Waals surface area contributed by atoms with Gasteiger partial charge in [-0.2, -0.15) is 4.31 Å². The van der Waals surface area contributed by atoms with Crippen LogP contribution in [0, 0.1) is 5.92 Å². The van der Waals surface area contributed by atoms with Crippen molar-refractivity contribution < 1.29 is 13.2 Å². The van der Waals surface area contributed by atoms with Crippen LogP contribution < -0.4 is 5.32 Å². The molecule has 8 heteroatoms. The topological polar surface area (TPSA) is 69.7 Å². The van der Waals surface area contributed by atoms with Gasteiger partial charge in [-0.25, -0.2) is 8.42 Å². The van der Waals surface area contributed by atoms with Crippen molar-refractivity contribution in [2.45, 2.75) is 62.3 Å². The van der Waals surface area contributed by atoms with Crippen LogP contribution in [0.2, 0.25) is 5.02 Å². The normalized spacial score (nSPS) is 21.6. The summed E-state index contributed by atoms with van der Waals surface area (Å²) in [7, 11) is -1.43. The van der Waals surface area contributed by atoms with E-state index >= 15 is 0 Å². The highest BCUT2D eigenvalue weighted by Gasteiger charge is 2.33. The number of hydrogen-bond donors (Lipinski definition) is 1. The van der Waals surface area contributed by atoms with Crippen molar-refractivity contribution in [3.8, 4) is 0 Å². The summed E-state index contributed by atoms with van der Waals surface area (Å²) < 4.78 is 27.2. The molecule has 1 amide bonds. The molecule has 1 saturated heterocycles. The van der Waals surface area contributed by atoms with E-state index in [0.29, 0.717) is 30.6 Å². The Morgan fingerprint density at radius 1 is 1.13 bits per heavy atom. The fourth-order valence-electron chi connectivity index (χ4n) is 4.52. The van der Waals surface area contributed by atoms with E-state index in [1.165, 1.54) is 48.5 Å². The molecule has 1 unspecified atom stereocenters. The molecule has 3 rings (SSSR count). The zero-order valence-corrected chi connectivity index (χ0v) is 19.4. The lowest BCUT2D eigenvalue weighted by Gasteiger charge is -2.32. The molecule has 0 spiro atoms. The molecule has 168 valence electrons. The average Bonchev–Trinajstić information content (AvgIpc) is 2.77. The highest BCUT2D eigenvalue weighted by molar-refractivity contribution is 7.89. The summed E-state index contributed by atoms with van der Waals surface area (Å²) in [4.78, 5) is 15.3. The predicted octanol–water partition coefficient (Wildman–Crippen LogP) is 3.51. The molecule has 1 aromatic carbocycles. The van der Waals surface area contributed by atoms with Crippen molar-refractivity contribution in [3.63, 3.8) is 0 Å². The van der Waals surface area contributed by atoms with Crippen LogP contribution >= 0.6 is 11.6 Å². The van der Waals surface area contributed by atoms with E-state index in [4.69, 9.17) is 11.6 Å². The largest absolute Gasteiger partial charge is 0.356 e. The fraction of sp³-hybridized carbons (Fsp3) is 0.682. The molecule has 1 N–H and O–H groups in total. The quantitative estimate of drug-likeness (QED) is 0.609. The molecular formula is C22H34ClN3O3S. The molecule has 0 aromatic heterocycles. The first-order chi connectivity index (χ1) is 14.4. The van der Waals surface area contributed by atoms with Gasteiger partial charge in [-0.3, -0.25) is 4.79 Å². The Labute approximate surface area is 186 Å². The summed E-state index contributed by atoms with van der Waals surface area (Å²) in [6.45, 7) is 2.29. The molecule has 6 nitrogen and oxygen atoms in total. The minimum absolute atomic E-state index is 0.0358. The number of nitrogens with one attached hydrogen (secondary N) is 1. The van der Waals surface area contributed by atoms with Crippen molar-refractivity contribution in [1.82, 2.24) is 14.5 Å². The highest BCUT2D eigenvalue weighted by atomic mass is 35.5. The first kappa shape index (κ1) is 23.5. The molecule has 1 atom stereocenters. The second-order valence-corrected chi connectivity index (χ2v) is 10.9. The summed E-state index contributed by atoms with van der Waals surface area (Å²) in [6.07, 6.45) is 8.89. The summed E-state index contributed by atoms with van der Waals surface area (Å²) in [5.74, 6) is -0.330. The van der Waals surface area contributed by atoms with Crippen LogP contribution in [0.1, 0.15) is 51.4 Å². The third-order valence-corrected chi connectivity index (χ3v) is 8.52. The number of nitrogens with zero attached hydrogens (tertiary/aromatic N) is 2. The Morgan fingerprint density at radius 2 is 1.83 bits per heavy atom. The molecule has 2 fully saturated rings. The van der Waals surface area contributed by atoms with Crippen LogP contribution in [-0.2, 0) is 14.8 Å². The molecule has 1 aromatic rings. The Bertz CT molecular complexity index is 794. The van der Waals surface area contributed by atoms with Gasteiger partial charge < -0.3 is 10.2 Å². The van der Waals surface area contributed by atoms with Gasteiger partial charge in [-0.15, -0.1) is 0 Å². The van der Waals surface area contributed by atoms with E-state index in [1.54, 1.807) is 12.1 Å². The molecule has 1 heterocycles. The minimum atomic E-state index is -3.61. The van der Waals surface area contributed by atoms with Gasteiger partial charge in [-0.05, 0) is 70.0 Å². The van der Waals surface area contributed by atoms with Crippen molar-refractivity contribution in [2.24, 2.45) is 5.92 Å². The fourth-order valence-corrected chi connectivity index (χ4v) is 6.17. The predicted molar refractivity (Wildman–Crippen MR) is 120 cm³/mol. The first-order valence-corrected chi connectivity index (χ1v) is 12.9. The lowest BCUT2D eigenvalue weighted by Crippen LogP contribution is -2.45. The van der Waals surface area contributed by atoms with Crippen LogP contribution in [0.5, 0.6) is 0 Å². The maximum absolute atomic E-state index is 12.9. The third-order valence-electron chi connectivity index (χ3n) is 6.39. The zero-order chi connectivity index (χ0) is 21.6. The van der Waals surface area contributed by atoms with Crippen molar-refractivity contribution in [3.05, 3.63) is 29.3 Å². The Kier molecular flexibility index (Phi) is 8.57. The standard InChI is InChI=1S/C22H34ClN3O3S/c1-25(20-8-3-2-4-9-20)15-6-14-24-22(27)18-7-5-16-26(17-18)30(28,29)21-12-10-19(23)11-13-21/h10-13,18,20H,2-9,14-17H2,1H3,(H,24,27). The number of carbonyl (C=O) groups excluding carboxylic acids is 1. The van der Waals surface area contributed by atoms with E-state index in [1.807, 2.05) is 0 Å². The number of piperidine rings is 1. The van der Waals surface area contributed by atoms with Gasteiger partial charge in [0.25, 0.3) is 0 Å². The van der Waals surface area contributed by atoms with Gasteiger partial charge in [0, 0.05) is 30.7 Å². The summed E-state index contributed by atoms with van der Waals surface area (Å²) in [5, 5.41) is 3.52. The van der Waals surface area contributed by atoms with Gasteiger partial charge in [-0.1, -0.05) is 30.9 Å². The maximum atomic E-state index is 12.9. The summed E-state index contributed by atoms with van der Waals surface area (Å²) in [6, 6.07) is 6.87. The summed E-state index contributed by atoms with van der Waals surface area (Å²) >= 11 is 5.87. The van der Waals surface area contributed by atoms with E-state index in [0.717, 1.165) is 19.4 Å². The second kappa shape index (κ2) is 10.9. The number of sulfonamides is 1. The van der Waals surface area contributed by atoms with E-state index < -0.39 is 10.0 Å². The molecule has 1 saturated carbocycles. The zero-order valence-electron chi connectivity index (χ0n) is 17.9. The smallest absolute Gasteiger partial charge is 0.243 e. The number of hydrogen-bond acceptors (Lipinski definition) is 4. The van der Waals surface area contributed by atoms with E-state index in [9.17, 15) is 13.2 Å². The Hall–Kier alpha value is -1.15. The lowest BCUT2D eigenvalue weighted by atomic mass is 9.94. The maximum Gasteiger partial charge on any atom is 0.243 e. The Balaban J connectivity index is 1.45. The number of benzene rings is 1.